The Morgan fingerprint density at radius 3 is 2.04 bits per heavy atom. The molecule has 0 unspecified atom stereocenters. The molecular formula is C21H17I2NO2. The summed E-state index contributed by atoms with van der Waals surface area (Å²) in [6, 6.07) is 22.5. The second-order valence-electron chi connectivity index (χ2n) is 5.81. The molecule has 2 N–H and O–H groups in total. The summed E-state index contributed by atoms with van der Waals surface area (Å²) < 4.78 is 1.79. The fourth-order valence-corrected chi connectivity index (χ4v) is 4.57. The van der Waals surface area contributed by atoms with Crippen LogP contribution in [0.2, 0.25) is 0 Å². The number of aliphatic hydroxyl groups is 1. The van der Waals surface area contributed by atoms with Gasteiger partial charge in [-0.2, -0.15) is 0 Å². The highest BCUT2D eigenvalue weighted by Crippen LogP contribution is 2.33. The van der Waals surface area contributed by atoms with Crippen molar-refractivity contribution in [3.8, 4) is 5.75 Å². The Kier molecular flexibility index (Phi) is 6.66. The van der Waals surface area contributed by atoms with Crippen molar-refractivity contribution in [1.82, 2.24) is 0 Å². The van der Waals surface area contributed by atoms with Gasteiger partial charge in [0.1, 0.15) is 17.9 Å². The molecule has 3 aromatic rings. The van der Waals surface area contributed by atoms with Crippen LogP contribution < -0.4 is 0 Å². The number of nitrogens with zero attached hydrogens (tertiary/aromatic N) is 1. The van der Waals surface area contributed by atoms with E-state index in [9.17, 15) is 10.2 Å². The Morgan fingerprint density at radius 1 is 0.846 bits per heavy atom. The quantitative estimate of drug-likeness (QED) is 0.316. The highest BCUT2D eigenvalue weighted by atomic mass is 127. The lowest BCUT2D eigenvalue weighted by Gasteiger charge is -2.20. The maximum Gasteiger partial charge on any atom is 0.137 e. The van der Waals surface area contributed by atoms with E-state index >= 15 is 0 Å². The molecule has 132 valence electrons. The van der Waals surface area contributed by atoms with Crippen molar-refractivity contribution >= 4 is 51.4 Å². The number of aromatic hydroxyl groups is 1. The Balaban J connectivity index is 1.99. The van der Waals surface area contributed by atoms with E-state index < -0.39 is 12.1 Å². The van der Waals surface area contributed by atoms with Gasteiger partial charge in [-0.1, -0.05) is 60.7 Å². The van der Waals surface area contributed by atoms with Crippen LogP contribution in [0.15, 0.2) is 77.8 Å². The van der Waals surface area contributed by atoms with Crippen LogP contribution in [0.3, 0.4) is 0 Å². The van der Waals surface area contributed by atoms with Gasteiger partial charge in [0.25, 0.3) is 0 Å². The van der Waals surface area contributed by atoms with Crippen molar-refractivity contribution in [1.29, 1.82) is 0 Å². The molecule has 3 aromatic carbocycles. The van der Waals surface area contributed by atoms with Gasteiger partial charge in [0, 0.05) is 15.3 Å². The zero-order valence-electron chi connectivity index (χ0n) is 13.8. The van der Waals surface area contributed by atoms with Crippen LogP contribution in [-0.4, -0.2) is 16.4 Å². The molecule has 3 rings (SSSR count). The lowest BCUT2D eigenvalue weighted by atomic mass is 9.96. The molecule has 0 radical (unpaired) electrons. The first-order chi connectivity index (χ1) is 12.6. The normalized spacial score (nSPS) is 13.7. The third-order valence-electron chi connectivity index (χ3n) is 4.01. The fourth-order valence-electron chi connectivity index (χ4n) is 2.68. The van der Waals surface area contributed by atoms with Crippen molar-refractivity contribution in [2.45, 2.75) is 12.1 Å². The maximum absolute atomic E-state index is 10.9. The summed E-state index contributed by atoms with van der Waals surface area (Å²) in [7, 11) is 0. The molecule has 3 nitrogen and oxygen atoms in total. The molecule has 0 bridgehead atoms. The van der Waals surface area contributed by atoms with Crippen LogP contribution in [0.4, 0.5) is 0 Å². The SMILES string of the molecule is Oc1c(I)cc(I)cc1C=N[C@H](c1ccccc1)[C@@H](O)c1ccccc1. The van der Waals surface area contributed by atoms with E-state index in [1.807, 2.05) is 72.8 Å². The molecule has 0 amide bonds. The number of rotatable bonds is 5. The molecule has 0 saturated heterocycles. The first-order valence-electron chi connectivity index (χ1n) is 8.05. The average Bonchev–Trinajstić information content (AvgIpc) is 2.67. The number of aliphatic hydroxyl groups excluding tert-OH is 1. The van der Waals surface area contributed by atoms with E-state index in [0.29, 0.717) is 5.56 Å². The lowest BCUT2D eigenvalue weighted by Crippen LogP contribution is -2.09. The van der Waals surface area contributed by atoms with Crippen molar-refractivity contribution < 1.29 is 10.2 Å². The van der Waals surface area contributed by atoms with Crippen LogP contribution in [0.25, 0.3) is 0 Å². The molecule has 0 aliphatic heterocycles. The minimum atomic E-state index is -0.779. The number of hydrogen-bond acceptors (Lipinski definition) is 3. The molecule has 5 heteroatoms. The van der Waals surface area contributed by atoms with E-state index in [-0.39, 0.29) is 5.75 Å². The zero-order valence-corrected chi connectivity index (χ0v) is 18.1. The molecule has 0 spiro atoms. The Morgan fingerprint density at radius 2 is 1.42 bits per heavy atom. The predicted octanol–water partition coefficient (Wildman–Crippen LogP) is 5.50. The highest BCUT2D eigenvalue weighted by Gasteiger charge is 2.21. The summed E-state index contributed by atoms with van der Waals surface area (Å²) in [5, 5.41) is 21.2. The summed E-state index contributed by atoms with van der Waals surface area (Å²) in [6.45, 7) is 0. The van der Waals surface area contributed by atoms with E-state index in [1.54, 1.807) is 6.21 Å². The zero-order chi connectivity index (χ0) is 18.5. The fraction of sp³-hybridized carbons (Fsp3) is 0.0952. The second-order valence-corrected chi connectivity index (χ2v) is 8.22. The molecule has 0 saturated carbocycles. The average molecular weight is 569 g/mol. The minimum Gasteiger partial charge on any atom is -0.506 e. The van der Waals surface area contributed by atoms with Crippen molar-refractivity contribution in [2.24, 2.45) is 4.99 Å². The van der Waals surface area contributed by atoms with Gasteiger partial charge in [-0.3, -0.25) is 4.99 Å². The molecule has 0 aliphatic carbocycles. The van der Waals surface area contributed by atoms with Crippen molar-refractivity contribution in [2.75, 3.05) is 0 Å². The van der Waals surface area contributed by atoms with E-state index in [0.717, 1.165) is 18.3 Å². The van der Waals surface area contributed by atoms with Crippen LogP contribution >= 0.6 is 45.2 Å². The standard InChI is InChI=1S/C21H17I2NO2/c22-17-11-16(20(25)18(23)12-17)13-24-19(14-7-3-1-4-8-14)21(26)15-9-5-2-6-10-15/h1-13,19,21,25-26H/t19-,21+/m1/s1. The first-order valence-corrected chi connectivity index (χ1v) is 10.2. The van der Waals surface area contributed by atoms with Gasteiger partial charge in [-0.15, -0.1) is 0 Å². The van der Waals surface area contributed by atoms with Crippen LogP contribution in [0.1, 0.15) is 28.8 Å². The highest BCUT2D eigenvalue weighted by molar-refractivity contribution is 14.1. The number of aliphatic imine (C=N–C) groups is 1. The van der Waals surface area contributed by atoms with Crippen molar-refractivity contribution in [3.05, 3.63) is 96.6 Å². The van der Waals surface area contributed by atoms with Crippen LogP contribution in [0, 0.1) is 7.14 Å². The van der Waals surface area contributed by atoms with Gasteiger partial charge in [0.05, 0.1) is 3.57 Å². The van der Waals surface area contributed by atoms with Gasteiger partial charge in [-0.25, -0.2) is 0 Å². The van der Waals surface area contributed by atoms with E-state index in [4.69, 9.17) is 0 Å². The Hall–Kier alpha value is -1.45. The number of benzene rings is 3. The van der Waals surface area contributed by atoms with Crippen LogP contribution in [0.5, 0.6) is 5.75 Å². The molecule has 2 atom stereocenters. The Bertz CT molecular complexity index is 899. The minimum absolute atomic E-state index is 0.204. The van der Waals surface area contributed by atoms with E-state index in [1.165, 1.54) is 0 Å². The monoisotopic (exact) mass is 569 g/mol. The Labute approximate surface area is 180 Å². The number of halogens is 2. The largest absolute Gasteiger partial charge is 0.506 e. The second kappa shape index (κ2) is 8.96. The van der Waals surface area contributed by atoms with Crippen molar-refractivity contribution in [3.63, 3.8) is 0 Å². The third kappa shape index (κ3) is 4.63. The topological polar surface area (TPSA) is 52.8 Å². The van der Waals surface area contributed by atoms with Gasteiger partial charge < -0.3 is 10.2 Å². The molecule has 0 aliphatic rings. The van der Waals surface area contributed by atoms with Gasteiger partial charge >= 0.3 is 0 Å². The molecule has 26 heavy (non-hydrogen) atoms. The maximum atomic E-state index is 10.9. The summed E-state index contributed by atoms with van der Waals surface area (Å²) in [6.07, 6.45) is 0.864. The van der Waals surface area contributed by atoms with Crippen LogP contribution in [-0.2, 0) is 0 Å². The van der Waals surface area contributed by atoms with Gasteiger partial charge in [0.15, 0.2) is 0 Å². The summed E-state index contributed by atoms with van der Waals surface area (Å²) in [5.74, 6) is 0.204. The van der Waals surface area contributed by atoms with Gasteiger partial charge in [-0.05, 0) is 68.4 Å². The molecule has 0 aromatic heterocycles. The number of hydrogen-bond donors (Lipinski definition) is 2. The summed E-state index contributed by atoms with van der Waals surface area (Å²) >= 11 is 4.31. The number of phenolic OH excluding ortho intramolecular Hbond substituents is 1. The summed E-state index contributed by atoms with van der Waals surface area (Å²) in [4.78, 5) is 4.64. The lowest BCUT2D eigenvalue weighted by molar-refractivity contribution is 0.148. The molecule has 0 fully saturated rings. The number of phenols is 1. The third-order valence-corrected chi connectivity index (χ3v) is 5.46. The van der Waals surface area contributed by atoms with E-state index in [2.05, 4.69) is 50.2 Å². The smallest absolute Gasteiger partial charge is 0.137 e. The van der Waals surface area contributed by atoms with Gasteiger partial charge in [0.2, 0.25) is 0 Å². The first kappa shape index (κ1) is 19.3. The molecular weight excluding hydrogens is 552 g/mol. The molecule has 0 heterocycles. The predicted molar refractivity (Wildman–Crippen MR) is 122 cm³/mol. The summed E-state index contributed by atoms with van der Waals surface area (Å²) in [5.41, 5.74) is 2.36.